The fourth-order valence-corrected chi connectivity index (χ4v) is 5.65. The summed E-state index contributed by atoms with van der Waals surface area (Å²) in [5.41, 5.74) is 5.89. The Labute approximate surface area is 131 Å². The van der Waals surface area contributed by atoms with Crippen molar-refractivity contribution < 1.29 is 4.79 Å². The van der Waals surface area contributed by atoms with Gasteiger partial charge < -0.3 is 5.73 Å². The maximum atomic E-state index is 11.3. The van der Waals surface area contributed by atoms with E-state index in [2.05, 4.69) is 48.5 Å². The first-order chi connectivity index (χ1) is 10.8. The van der Waals surface area contributed by atoms with Gasteiger partial charge in [0.15, 0.2) is 0 Å². The van der Waals surface area contributed by atoms with E-state index in [1.54, 1.807) is 0 Å². The minimum atomic E-state index is -1.51. The normalized spacial score (nSPS) is 10.6. The molecule has 0 saturated carbocycles. The minimum Gasteiger partial charge on any atom is -0.366 e. The van der Waals surface area contributed by atoms with E-state index in [-0.39, 0.29) is 5.91 Å². The lowest BCUT2D eigenvalue weighted by molar-refractivity contribution is 0.100. The lowest BCUT2D eigenvalue weighted by Crippen LogP contribution is -2.51. The fraction of sp³-hybridized carbons (Fsp3) is 0. The summed E-state index contributed by atoms with van der Waals surface area (Å²) < 4.78 is 0. The van der Waals surface area contributed by atoms with Crippen LogP contribution in [0, 0.1) is 0 Å². The average molecular weight is 303 g/mol. The molecule has 0 radical (unpaired) electrons. The van der Waals surface area contributed by atoms with Crippen LogP contribution >= 0.6 is 0 Å². The van der Waals surface area contributed by atoms with Gasteiger partial charge in [0.25, 0.3) is 0 Å². The number of amides is 1. The molecule has 3 aromatic carbocycles. The van der Waals surface area contributed by atoms with Crippen LogP contribution in [0.2, 0.25) is 0 Å². The van der Waals surface area contributed by atoms with Crippen LogP contribution in [0.5, 0.6) is 0 Å². The second-order valence-corrected chi connectivity index (χ2v) is 8.11. The number of primary amides is 1. The first kappa shape index (κ1) is 14.3. The molecule has 0 spiro atoms. The van der Waals surface area contributed by atoms with Gasteiger partial charge in [-0.05, 0) is 12.1 Å². The number of nitrogens with two attached hydrogens (primary N) is 1. The van der Waals surface area contributed by atoms with Crippen molar-refractivity contribution in [2.75, 3.05) is 0 Å². The van der Waals surface area contributed by atoms with Crippen LogP contribution in [-0.2, 0) is 0 Å². The van der Waals surface area contributed by atoms with Crippen LogP contribution < -0.4 is 21.3 Å². The molecule has 2 nitrogen and oxygen atoms in total. The van der Waals surface area contributed by atoms with Gasteiger partial charge in [-0.2, -0.15) is 0 Å². The lowest BCUT2D eigenvalue weighted by atomic mass is 10.2. The Morgan fingerprint density at radius 3 is 1.45 bits per heavy atom. The molecular weight excluding hydrogens is 286 g/mol. The zero-order valence-corrected chi connectivity index (χ0v) is 13.3. The first-order valence-electron chi connectivity index (χ1n) is 7.25. The summed E-state index contributed by atoms with van der Waals surface area (Å²) in [4.78, 5) is 11.3. The van der Waals surface area contributed by atoms with E-state index in [4.69, 9.17) is 5.73 Å². The van der Waals surface area contributed by atoms with Gasteiger partial charge in [-0.3, -0.25) is 4.79 Å². The van der Waals surface area contributed by atoms with Crippen LogP contribution in [0.1, 0.15) is 10.4 Å². The van der Waals surface area contributed by atoms with Gasteiger partial charge in [-0.25, -0.2) is 0 Å². The van der Waals surface area contributed by atoms with E-state index in [0.29, 0.717) is 5.56 Å². The summed E-state index contributed by atoms with van der Waals surface area (Å²) in [7, 11) is -1.51. The number of rotatable bonds is 4. The minimum absolute atomic E-state index is 0.385. The Morgan fingerprint density at radius 1 is 0.636 bits per heavy atom. The van der Waals surface area contributed by atoms with E-state index < -0.39 is 8.80 Å². The Hall–Kier alpha value is -2.65. The molecule has 3 aromatic rings. The van der Waals surface area contributed by atoms with Crippen molar-refractivity contribution in [3.05, 3.63) is 90.5 Å². The summed E-state index contributed by atoms with van der Waals surface area (Å²) in [5, 5.41) is 4.00. The van der Waals surface area contributed by atoms with E-state index >= 15 is 0 Å². The Morgan fingerprint density at radius 2 is 1.05 bits per heavy atom. The highest BCUT2D eigenvalue weighted by atomic mass is 28.3. The quantitative estimate of drug-likeness (QED) is 0.568. The Bertz CT molecular complexity index is 715. The monoisotopic (exact) mass is 303 g/mol. The number of hydrogen-bond acceptors (Lipinski definition) is 1. The van der Waals surface area contributed by atoms with Crippen molar-refractivity contribution in [3.8, 4) is 0 Å². The van der Waals surface area contributed by atoms with Crippen LogP contribution in [-0.4, -0.2) is 14.7 Å². The molecule has 0 aliphatic rings. The number of benzene rings is 3. The lowest BCUT2D eigenvalue weighted by Gasteiger charge is -2.17. The SMILES string of the molecule is NC(=O)c1ccc([SiH](c2ccccc2)c2ccccc2)cc1. The molecule has 0 bridgehead atoms. The number of carbonyl (C=O) groups excluding carboxylic acids is 1. The van der Waals surface area contributed by atoms with Gasteiger partial charge in [-0.1, -0.05) is 88.4 Å². The standard InChI is InChI=1S/C19H17NOSi/c20-19(21)15-11-13-18(14-12-15)22(16-7-3-1-4-8-16)17-9-5-2-6-10-17/h1-14,22H,(H2,20,21). The highest BCUT2D eigenvalue weighted by molar-refractivity contribution is 6.95. The molecule has 0 aliphatic heterocycles. The molecule has 0 saturated heterocycles. The molecule has 2 N–H and O–H groups in total. The van der Waals surface area contributed by atoms with Gasteiger partial charge in [0.2, 0.25) is 5.91 Å². The second kappa shape index (κ2) is 6.41. The molecule has 22 heavy (non-hydrogen) atoms. The summed E-state index contributed by atoms with van der Waals surface area (Å²) >= 11 is 0. The van der Waals surface area contributed by atoms with Crippen molar-refractivity contribution in [1.29, 1.82) is 0 Å². The third kappa shape index (κ3) is 2.99. The van der Waals surface area contributed by atoms with Gasteiger partial charge in [0.05, 0.1) is 0 Å². The van der Waals surface area contributed by atoms with Gasteiger partial charge >= 0.3 is 0 Å². The predicted octanol–water partition coefficient (Wildman–Crippen LogP) is 1.03. The van der Waals surface area contributed by atoms with Crippen molar-refractivity contribution in [3.63, 3.8) is 0 Å². The second-order valence-electron chi connectivity index (χ2n) is 5.24. The molecule has 0 atom stereocenters. The van der Waals surface area contributed by atoms with Crippen LogP contribution in [0.25, 0.3) is 0 Å². The largest absolute Gasteiger partial charge is 0.366 e. The van der Waals surface area contributed by atoms with Crippen molar-refractivity contribution >= 4 is 30.3 Å². The summed E-state index contributed by atoms with van der Waals surface area (Å²) in [6.07, 6.45) is 0. The smallest absolute Gasteiger partial charge is 0.248 e. The summed E-state index contributed by atoms with van der Waals surface area (Å²) in [5.74, 6) is -0.385. The summed E-state index contributed by atoms with van der Waals surface area (Å²) in [6.45, 7) is 0. The topological polar surface area (TPSA) is 43.1 Å². The molecule has 0 aromatic heterocycles. The Kier molecular flexibility index (Phi) is 4.16. The van der Waals surface area contributed by atoms with Crippen molar-refractivity contribution in [2.45, 2.75) is 0 Å². The highest BCUT2D eigenvalue weighted by Gasteiger charge is 2.18. The molecule has 3 rings (SSSR count). The van der Waals surface area contributed by atoms with E-state index in [1.807, 2.05) is 36.4 Å². The molecule has 108 valence electrons. The zero-order valence-electron chi connectivity index (χ0n) is 12.1. The molecule has 1 amide bonds. The summed E-state index contributed by atoms with van der Waals surface area (Å²) in [6, 6.07) is 28.9. The maximum Gasteiger partial charge on any atom is 0.248 e. The van der Waals surface area contributed by atoms with Gasteiger partial charge in [0.1, 0.15) is 8.80 Å². The van der Waals surface area contributed by atoms with Crippen LogP contribution in [0.3, 0.4) is 0 Å². The van der Waals surface area contributed by atoms with Crippen LogP contribution in [0.15, 0.2) is 84.9 Å². The zero-order chi connectivity index (χ0) is 15.4. The van der Waals surface area contributed by atoms with Crippen LogP contribution in [0.4, 0.5) is 0 Å². The third-order valence-corrected chi connectivity index (χ3v) is 6.95. The maximum absolute atomic E-state index is 11.3. The number of carbonyl (C=O) groups is 1. The molecule has 0 heterocycles. The van der Waals surface area contributed by atoms with E-state index in [0.717, 1.165) is 0 Å². The first-order valence-corrected chi connectivity index (χ1v) is 8.98. The van der Waals surface area contributed by atoms with E-state index in [9.17, 15) is 4.79 Å². The van der Waals surface area contributed by atoms with Crippen molar-refractivity contribution in [1.82, 2.24) is 0 Å². The molecule has 0 unspecified atom stereocenters. The molecule has 3 heteroatoms. The highest BCUT2D eigenvalue weighted by Crippen LogP contribution is 1.99. The molecule has 0 aliphatic carbocycles. The third-order valence-electron chi connectivity index (χ3n) is 3.79. The van der Waals surface area contributed by atoms with Gasteiger partial charge in [-0.15, -0.1) is 0 Å². The number of hydrogen-bond donors (Lipinski definition) is 1. The van der Waals surface area contributed by atoms with E-state index in [1.165, 1.54) is 15.6 Å². The fourth-order valence-electron chi connectivity index (χ4n) is 2.71. The molecular formula is C19H17NOSi. The van der Waals surface area contributed by atoms with Gasteiger partial charge in [0, 0.05) is 5.56 Å². The Balaban J connectivity index is 2.08. The van der Waals surface area contributed by atoms with Crippen molar-refractivity contribution in [2.24, 2.45) is 5.73 Å². The average Bonchev–Trinajstić information content (AvgIpc) is 2.57. The predicted molar refractivity (Wildman–Crippen MR) is 93.9 cm³/mol. The molecule has 0 fully saturated rings.